The van der Waals surface area contributed by atoms with Crippen molar-refractivity contribution in [3.8, 4) is 11.4 Å². The molecule has 234 valence electrons. The molecular weight excluding hydrogens is 576 g/mol. The molecule has 2 atom stereocenters. The third-order valence-corrected chi connectivity index (χ3v) is 7.25. The molecule has 2 aromatic heterocycles. The number of hydrogen-bond donors (Lipinski definition) is 3. The third kappa shape index (κ3) is 7.80. The van der Waals surface area contributed by atoms with Crippen LogP contribution in [0.1, 0.15) is 65.7 Å². The molecule has 3 heterocycles. The molecule has 45 heavy (non-hydrogen) atoms. The Balaban J connectivity index is 1.48. The number of carbonyl (C=O) groups is 4. The van der Waals surface area contributed by atoms with E-state index in [0.717, 1.165) is 5.56 Å². The minimum Gasteiger partial charge on any atom is -0.359 e. The number of nitrogens with one attached hydrogen (secondary N) is 3. The summed E-state index contributed by atoms with van der Waals surface area (Å²) in [4.78, 5) is 59.5. The summed E-state index contributed by atoms with van der Waals surface area (Å²) in [5.41, 5.74) is 1.19. The van der Waals surface area contributed by atoms with Gasteiger partial charge in [-0.3, -0.25) is 19.2 Å². The van der Waals surface area contributed by atoms with Crippen molar-refractivity contribution in [2.45, 2.75) is 52.4 Å². The summed E-state index contributed by atoms with van der Waals surface area (Å²) in [6.07, 6.45) is 0.360. The van der Waals surface area contributed by atoms with Gasteiger partial charge >= 0.3 is 0 Å². The van der Waals surface area contributed by atoms with Crippen molar-refractivity contribution in [2.24, 2.45) is 5.92 Å². The number of carbonyl (C=O) groups excluding carboxylic acids is 4. The first-order chi connectivity index (χ1) is 21.7. The van der Waals surface area contributed by atoms with E-state index in [1.807, 2.05) is 50.2 Å². The summed E-state index contributed by atoms with van der Waals surface area (Å²) in [6.45, 7) is 5.77. The molecule has 1 aliphatic rings. The molecule has 13 nitrogen and oxygen atoms in total. The van der Waals surface area contributed by atoms with E-state index in [-0.39, 0.29) is 55.4 Å². The van der Waals surface area contributed by atoms with Gasteiger partial charge in [0.05, 0.1) is 12.6 Å². The highest BCUT2D eigenvalue weighted by molar-refractivity contribution is 5.96. The molecule has 0 unspecified atom stereocenters. The smallest absolute Gasteiger partial charge is 0.274 e. The highest BCUT2D eigenvalue weighted by Crippen LogP contribution is 2.20. The van der Waals surface area contributed by atoms with Crippen LogP contribution in [0, 0.1) is 5.92 Å². The average Bonchev–Trinajstić information content (AvgIpc) is 3.68. The fourth-order valence-electron chi connectivity index (χ4n) is 5.03. The number of amides is 4. The molecule has 2 aromatic carbocycles. The summed E-state index contributed by atoms with van der Waals surface area (Å²) in [5, 5.41) is 17.1. The maximum Gasteiger partial charge on any atom is 0.274 e. The lowest BCUT2D eigenvalue weighted by Crippen LogP contribution is -2.48. The Morgan fingerprint density at radius 3 is 2.42 bits per heavy atom. The number of nitrogens with zero attached hydrogens (tertiary/aromatic N) is 5. The van der Waals surface area contributed by atoms with E-state index < -0.39 is 23.9 Å². The minimum atomic E-state index is -0.886. The molecule has 5 rings (SSSR count). The third-order valence-electron chi connectivity index (χ3n) is 7.25. The second-order valence-corrected chi connectivity index (χ2v) is 11.3. The second-order valence-electron chi connectivity index (χ2n) is 11.3. The first-order valence-corrected chi connectivity index (χ1v) is 14.9. The van der Waals surface area contributed by atoms with Gasteiger partial charge in [0.15, 0.2) is 17.3 Å². The van der Waals surface area contributed by atoms with Crippen molar-refractivity contribution in [1.82, 2.24) is 40.8 Å². The average molecular weight is 613 g/mol. The van der Waals surface area contributed by atoms with E-state index >= 15 is 0 Å². The number of aromatic nitrogens is 4. The zero-order valence-electron chi connectivity index (χ0n) is 25.4. The van der Waals surface area contributed by atoms with Crippen LogP contribution < -0.4 is 16.0 Å². The number of hydrogen-bond acceptors (Lipinski definition) is 8. The van der Waals surface area contributed by atoms with Crippen molar-refractivity contribution in [2.75, 3.05) is 13.1 Å². The van der Waals surface area contributed by atoms with Gasteiger partial charge in [-0.05, 0) is 31.4 Å². The largest absolute Gasteiger partial charge is 0.359 e. The molecule has 0 saturated heterocycles. The predicted molar refractivity (Wildman–Crippen MR) is 163 cm³/mol. The number of fused-ring (bicyclic) bond motifs is 3. The molecule has 4 aromatic rings. The molecule has 0 saturated carbocycles. The number of rotatable bonds is 4. The first kappa shape index (κ1) is 31.1. The second kappa shape index (κ2) is 14.0. The van der Waals surface area contributed by atoms with E-state index in [1.165, 1.54) is 15.6 Å². The van der Waals surface area contributed by atoms with Crippen LogP contribution in [-0.2, 0) is 22.7 Å². The van der Waals surface area contributed by atoms with E-state index in [2.05, 4.69) is 31.2 Å². The molecule has 1 aliphatic heterocycles. The van der Waals surface area contributed by atoms with Gasteiger partial charge in [0.2, 0.25) is 11.8 Å². The van der Waals surface area contributed by atoms with Crippen LogP contribution in [0.25, 0.3) is 11.4 Å². The van der Waals surface area contributed by atoms with E-state index in [9.17, 15) is 19.2 Å². The fourth-order valence-corrected chi connectivity index (χ4v) is 5.03. The quantitative estimate of drug-likeness (QED) is 0.317. The van der Waals surface area contributed by atoms with Crippen LogP contribution in [0.3, 0.4) is 0 Å². The van der Waals surface area contributed by atoms with Crippen molar-refractivity contribution in [1.29, 1.82) is 0 Å². The maximum atomic E-state index is 13.5. The molecule has 0 spiro atoms. The van der Waals surface area contributed by atoms with Gasteiger partial charge in [0, 0.05) is 30.3 Å². The standard InChI is InChI=1S/C32H36N8O5/c1-20(2)16-25-30(42)34-21(3)29-36-28(22-10-6-4-7-11-22)37-40(29)19-27(41)33-14-15-39(32(44)23-12-8-5-9-13-23)18-24-17-26(38-45-24)31(43)35-25/h4-13,17,20-21,25H,14-16,18-19H2,1-3H3,(H,33,41)(H,34,42)(H,35,43)/t21-,25+/m0/s1. The van der Waals surface area contributed by atoms with E-state index in [4.69, 9.17) is 4.52 Å². The van der Waals surface area contributed by atoms with Crippen molar-refractivity contribution < 1.29 is 23.7 Å². The van der Waals surface area contributed by atoms with Crippen molar-refractivity contribution >= 4 is 23.6 Å². The van der Waals surface area contributed by atoms with Crippen LogP contribution in [0.15, 0.2) is 71.3 Å². The summed E-state index contributed by atoms with van der Waals surface area (Å²) in [6, 6.07) is 18.0. The molecule has 4 amide bonds. The Labute approximate surface area is 260 Å². The summed E-state index contributed by atoms with van der Waals surface area (Å²) < 4.78 is 6.88. The van der Waals surface area contributed by atoms with Gasteiger partial charge in [0.1, 0.15) is 18.4 Å². The van der Waals surface area contributed by atoms with Gasteiger partial charge in [-0.15, -0.1) is 0 Å². The van der Waals surface area contributed by atoms with Crippen LogP contribution in [0.2, 0.25) is 0 Å². The number of benzene rings is 2. The minimum absolute atomic E-state index is 0.00492. The Morgan fingerprint density at radius 1 is 1.00 bits per heavy atom. The van der Waals surface area contributed by atoms with Gasteiger partial charge < -0.3 is 25.4 Å². The van der Waals surface area contributed by atoms with Gasteiger partial charge in [-0.1, -0.05) is 67.5 Å². The summed E-state index contributed by atoms with van der Waals surface area (Å²) >= 11 is 0. The summed E-state index contributed by atoms with van der Waals surface area (Å²) in [5.74, 6) is -0.507. The van der Waals surface area contributed by atoms with Gasteiger partial charge in [0.25, 0.3) is 11.8 Å². The normalized spacial score (nSPS) is 18.3. The Hall–Kier alpha value is -5.33. The van der Waals surface area contributed by atoms with E-state index in [0.29, 0.717) is 23.6 Å². The molecule has 3 N–H and O–H groups in total. The van der Waals surface area contributed by atoms with Crippen LogP contribution >= 0.6 is 0 Å². The highest BCUT2D eigenvalue weighted by Gasteiger charge is 2.28. The Bertz CT molecular complexity index is 1650. The molecule has 13 heteroatoms. The lowest BCUT2D eigenvalue weighted by atomic mass is 10.0. The molecule has 0 aliphatic carbocycles. The SMILES string of the molecule is CC(C)C[C@H]1NC(=O)c2cc(on2)CN(C(=O)c2ccccc2)CCNC(=O)Cn2nc(-c3ccccc3)nc2[C@H](C)NC1=O. The molecule has 2 bridgehead atoms. The van der Waals surface area contributed by atoms with Crippen LogP contribution in [0.4, 0.5) is 0 Å². The van der Waals surface area contributed by atoms with E-state index in [1.54, 1.807) is 31.2 Å². The van der Waals surface area contributed by atoms with Crippen LogP contribution in [0.5, 0.6) is 0 Å². The molecule has 0 fully saturated rings. The maximum absolute atomic E-state index is 13.5. The first-order valence-electron chi connectivity index (χ1n) is 14.9. The lowest BCUT2D eigenvalue weighted by Gasteiger charge is -2.23. The van der Waals surface area contributed by atoms with Crippen molar-refractivity contribution in [3.63, 3.8) is 0 Å². The molecule has 0 radical (unpaired) electrons. The lowest BCUT2D eigenvalue weighted by molar-refractivity contribution is -0.124. The van der Waals surface area contributed by atoms with Gasteiger partial charge in [-0.2, -0.15) is 5.10 Å². The Kier molecular flexibility index (Phi) is 9.66. The van der Waals surface area contributed by atoms with Gasteiger partial charge in [-0.25, -0.2) is 9.67 Å². The monoisotopic (exact) mass is 612 g/mol. The molecular formula is C32H36N8O5. The predicted octanol–water partition coefficient (Wildman–Crippen LogP) is 2.73. The van der Waals surface area contributed by atoms with Crippen LogP contribution in [-0.4, -0.2) is 67.6 Å². The topological polar surface area (TPSA) is 164 Å². The summed E-state index contributed by atoms with van der Waals surface area (Å²) in [7, 11) is 0. The Morgan fingerprint density at radius 2 is 1.71 bits per heavy atom. The zero-order chi connectivity index (χ0) is 31.9. The van der Waals surface area contributed by atoms with Crippen molar-refractivity contribution in [3.05, 3.63) is 89.6 Å². The fraction of sp³-hybridized carbons (Fsp3) is 0.344. The highest BCUT2D eigenvalue weighted by atomic mass is 16.5. The zero-order valence-corrected chi connectivity index (χ0v) is 25.4.